The second-order valence-corrected chi connectivity index (χ2v) is 4.95. The van der Waals surface area contributed by atoms with Crippen LogP contribution in [0.4, 0.5) is 0 Å². The summed E-state index contributed by atoms with van der Waals surface area (Å²) >= 11 is 0. The van der Waals surface area contributed by atoms with Gasteiger partial charge in [0.25, 0.3) is 0 Å². The lowest BCUT2D eigenvalue weighted by Crippen LogP contribution is -2.13. The molecule has 1 aromatic rings. The van der Waals surface area contributed by atoms with Crippen molar-refractivity contribution in [1.29, 1.82) is 0 Å². The van der Waals surface area contributed by atoms with Gasteiger partial charge in [-0.05, 0) is 42.6 Å². The Labute approximate surface area is 92.3 Å². The molecule has 15 heavy (non-hydrogen) atoms. The van der Waals surface area contributed by atoms with Crippen molar-refractivity contribution >= 4 is 0 Å². The highest BCUT2D eigenvalue weighted by molar-refractivity contribution is 5.38. The molecule has 2 heteroatoms. The first kappa shape index (κ1) is 12.1. The fourth-order valence-electron chi connectivity index (χ4n) is 1.51. The summed E-state index contributed by atoms with van der Waals surface area (Å²) in [6.45, 7) is 7.44. The van der Waals surface area contributed by atoms with E-state index in [4.69, 9.17) is 0 Å². The minimum Gasteiger partial charge on any atom is -0.508 e. The molecule has 0 amide bonds. The summed E-state index contributed by atoms with van der Waals surface area (Å²) in [4.78, 5) is 0. The number of rotatable bonds is 3. The molecule has 1 aromatic carbocycles. The van der Waals surface area contributed by atoms with Gasteiger partial charge in [0, 0.05) is 0 Å². The molecule has 0 fully saturated rings. The number of phenolic OH excluding ortho intramolecular Hbond substituents is 1. The number of nitrogens with one attached hydrogen (secondary N) is 1. The van der Waals surface area contributed by atoms with Gasteiger partial charge >= 0.3 is 0 Å². The Hall–Kier alpha value is -1.02. The van der Waals surface area contributed by atoms with E-state index in [1.807, 2.05) is 13.1 Å². The van der Waals surface area contributed by atoms with E-state index in [9.17, 15) is 5.11 Å². The van der Waals surface area contributed by atoms with Gasteiger partial charge in [-0.1, -0.05) is 32.9 Å². The van der Waals surface area contributed by atoms with Crippen molar-refractivity contribution in [2.24, 2.45) is 0 Å². The summed E-state index contributed by atoms with van der Waals surface area (Å²) in [6.07, 6.45) is 0.867. The minimum atomic E-state index is 0.141. The van der Waals surface area contributed by atoms with Gasteiger partial charge in [-0.15, -0.1) is 0 Å². The van der Waals surface area contributed by atoms with Crippen LogP contribution in [0.3, 0.4) is 0 Å². The first-order valence-electron chi connectivity index (χ1n) is 5.42. The SMILES string of the molecule is CNCCc1cc(C(C)(C)C)ccc1O. The number of likely N-dealkylation sites (N-methyl/N-ethyl adjacent to an activating group) is 1. The van der Waals surface area contributed by atoms with Crippen LogP contribution in [0.5, 0.6) is 5.75 Å². The van der Waals surface area contributed by atoms with Crippen LogP contribution in [-0.4, -0.2) is 18.7 Å². The van der Waals surface area contributed by atoms with Crippen molar-refractivity contribution in [2.45, 2.75) is 32.6 Å². The fourth-order valence-corrected chi connectivity index (χ4v) is 1.51. The lowest BCUT2D eigenvalue weighted by molar-refractivity contribution is 0.466. The standard InChI is InChI=1S/C13H21NO/c1-13(2,3)11-5-6-12(15)10(9-11)7-8-14-4/h5-6,9,14-15H,7-8H2,1-4H3. The van der Waals surface area contributed by atoms with Gasteiger partial charge < -0.3 is 10.4 Å². The minimum absolute atomic E-state index is 0.141. The molecule has 0 saturated heterocycles. The molecule has 2 nitrogen and oxygen atoms in total. The van der Waals surface area contributed by atoms with Crippen molar-refractivity contribution < 1.29 is 5.11 Å². The zero-order chi connectivity index (χ0) is 11.5. The van der Waals surface area contributed by atoms with Crippen LogP contribution < -0.4 is 5.32 Å². The van der Waals surface area contributed by atoms with E-state index in [0.29, 0.717) is 5.75 Å². The van der Waals surface area contributed by atoms with E-state index in [2.05, 4.69) is 32.2 Å². The van der Waals surface area contributed by atoms with Gasteiger partial charge in [-0.2, -0.15) is 0 Å². The van der Waals surface area contributed by atoms with Crippen LogP contribution >= 0.6 is 0 Å². The maximum Gasteiger partial charge on any atom is 0.118 e. The normalized spacial score (nSPS) is 11.7. The molecule has 0 unspecified atom stereocenters. The molecule has 0 radical (unpaired) electrons. The number of benzene rings is 1. The van der Waals surface area contributed by atoms with Gasteiger partial charge in [0.05, 0.1) is 0 Å². The Morgan fingerprint density at radius 1 is 1.27 bits per heavy atom. The fraction of sp³-hybridized carbons (Fsp3) is 0.538. The van der Waals surface area contributed by atoms with E-state index >= 15 is 0 Å². The summed E-state index contributed by atoms with van der Waals surface area (Å²) in [7, 11) is 1.92. The van der Waals surface area contributed by atoms with Crippen LogP contribution in [0.2, 0.25) is 0 Å². The van der Waals surface area contributed by atoms with Crippen LogP contribution in [-0.2, 0) is 11.8 Å². The topological polar surface area (TPSA) is 32.3 Å². The Morgan fingerprint density at radius 2 is 1.93 bits per heavy atom. The number of hydrogen-bond donors (Lipinski definition) is 2. The Bertz CT molecular complexity index is 326. The highest BCUT2D eigenvalue weighted by Crippen LogP contribution is 2.27. The third-order valence-corrected chi connectivity index (χ3v) is 2.59. The average Bonchev–Trinajstić information content (AvgIpc) is 2.15. The van der Waals surface area contributed by atoms with Crippen molar-refractivity contribution in [3.05, 3.63) is 29.3 Å². The van der Waals surface area contributed by atoms with Crippen LogP contribution in [0, 0.1) is 0 Å². The molecule has 0 aliphatic heterocycles. The molecule has 0 aliphatic carbocycles. The van der Waals surface area contributed by atoms with E-state index in [1.54, 1.807) is 6.07 Å². The summed E-state index contributed by atoms with van der Waals surface area (Å²) in [5.74, 6) is 0.401. The van der Waals surface area contributed by atoms with Gasteiger partial charge in [0.2, 0.25) is 0 Å². The Kier molecular flexibility index (Phi) is 3.75. The molecular formula is C13H21NO. The van der Waals surface area contributed by atoms with Crippen molar-refractivity contribution in [3.63, 3.8) is 0 Å². The number of aromatic hydroxyl groups is 1. The summed E-state index contributed by atoms with van der Waals surface area (Å²) in [6, 6.07) is 5.90. The molecule has 1 rings (SSSR count). The maximum atomic E-state index is 9.70. The molecule has 2 N–H and O–H groups in total. The van der Waals surface area contributed by atoms with E-state index in [1.165, 1.54) is 5.56 Å². The van der Waals surface area contributed by atoms with Gasteiger partial charge in [-0.25, -0.2) is 0 Å². The molecule has 0 heterocycles. The predicted molar refractivity (Wildman–Crippen MR) is 64.4 cm³/mol. The van der Waals surface area contributed by atoms with Crippen molar-refractivity contribution in [1.82, 2.24) is 5.32 Å². The summed E-state index contributed by atoms with van der Waals surface area (Å²) in [5, 5.41) is 12.8. The largest absolute Gasteiger partial charge is 0.508 e. The lowest BCUT2D eigenvalue weighted by Gasteiger charge is -2.20. The first-order chi connectivity index (χ1) is 6.95. The van der Waals surface area contributed by atoms with E-state index < -0.39 is 0 Å². The summed E-state index contributed by atoms with van der Waals surface area (Å²) < 4.78 is 0. The highest BCUT2D eigenvalue weighted by Gasteiger charge is 2.14. The predicted octanol–water partition coefficient (Wildman–Crippen LogP) is 2.45. The number of phenols is 1. The lowest BCUT2D eigenvalue weighted by atomic mass is 9.86. The zero-order valence-electron chi connectivity index (χ0n) is 10.1. The number of hydrogen-bond acceptors (Lipinski definition) is 2. The van der Waals surface area contributed by atoms with E-state index in [0.717, 1.165) is 18.5 Å². The monoisotopic (exact) mass is 207 g/mol. The van der Waals surface area contributed by atoms with Crippen LogP contribution in [0.15, 0.2) is 18.2 Å². The van der Waals surface area contributed by atoms with Gasteiger partial charge in [0.15, 0.2) is 0 Å². The highest BCUT2D eigenvalue weighted by atomic mass is 16.3. The third-order valence-electron chi connectivity index (χ3n) is 2.59. The Morgan fingerprint density at radius 3 is 2.47 bits per heavy atom. The molecule has 0 saturated carbocycles. The van der Waals surface area contributed by atoms with Crippen LogP contribution in [0.25, 0.3) is 0 Å². The molecular weight excluding hydrogens is 186 g/mol. The molecule has 84 valence electrons. The maximum absolute atomic E-state index is 9.70. The first-order valence-corrected chi connectivity index (χ1v) is 5.42. The summed E-state index contributed by atoms with van der Waals surface area (Å²) in [5.41, 5.74) is 2.44. The smallest absolute Gasteiger partial charge is 0.118 e. The Balaban J connectivity index is 2.95. The second-order valence-electron chi connectivity index (χ2n) is 4.95. The zero-order valence-corrected chi connectivity index (χ0v) is 10.1. The quantitative estimate of drug-likeness (QED) is 0.798. The van der Waals surface area contributed by atoms with Gasteiger partial charge in [-0.3, -0.25) is 0 Å². The van der Waals surface area contributed by atoms with Crippen molar-refractivity contribution in [3.8, 4) is 5.75 Å². The molecule has 0 bridgehead atoms. The average molecular weight is 207 g/mol. The van der Waals surface area contributed by atoms with Crippen LogP contribution in [0.1, 0.15) is 31.9 Å². The molecule has 0 spiro atoms. The van der Waals surface area contributed by atoms with Gasteiger partial charge in [0.1, 0.15) is 5.75 Å². The van der Waals surface area contributed by atoms with E-state index in [-0.39, 0.29) is 5.41 Å². The molecule has 0 aliphatic rings. The third kappa shape index (κ3) is 3.24. The molecule has 0 aromatic heterocycles. The molecule has 0 atom stereocenters. The second kappa shape index (κ2) is 4.67. The van der Waals surface area contributed by atoms with Crippen molar-refractivity contribution in [2.75, 3.05) is 13.6 Å².